The van der Waals surface area contributed by atoms with Crippen LogP contribution in [-0.4, -0.2) is 27.4 Å². The second-order valence-electron chi connectivity index (χ2n) is 4.22. The molecule has 6 nitrogen and oxygen atoms in total. The van der Waals surface area contributed by atoms with E-state index in [-0.39, 0.29) is 18.3 Å². The molecule has 0 aromatic carbocycles. The van der Waals surface area contributed by atoms with Crippen molar-refractivity contribution in [2.75, 3.05) is 6.61 Å². The van der Waals surface area contributed by atoms with Crippen molar-refractivity contribution in [3.8, 4) is 12.3 Å². The number of ether oxygens (including phenoxy) is 1. The average molecular weight is 262 g/mol. The molecule has 0 radical (unpaired) electrons. The fraction of sp³-hybridized carbons (Fsp3) is 0.385. The summed E-state index contributed by atoms with van der Waals surface area (Å²) >= 11 is 0. The predicted molar refractivity (Wildman–Crippen MR) is 69.4 cm³/mol. The monoisotopic (exact) mass is 262 g/mol. The molecule has 1 aromatic rings. The van der Waals surface area contributed by atoms with Crippen molar-refractivity contribution in [1.82, 2.24) is 9.55 Å². The van der Waals surface area contributed by atoms with Gasteiger partial charge < -0.3 is 9.84 Å². The van der Waals surface area contributed by atoms with E-state index in [2.05, 4.69) is 10.9 Å². The molecule has 0 bridgehead atoms. The van der Waals surface area contributed by atoms with Crippen LogP contribution in [0.3, 0.4) is 0 Å². The van der Waals surface area contributed by atoms with Crippen molar-refractivity contribution < 1.29 is 9.84 Å². The highest BCUT2D eigenvalue weighted by Crippen LogP contribution is 2.26. The number of aromatic amines is 1. The highest BCUT2D eigenvalue weighted by atomic mass is 16.5. The Morgan fingerprint density at radius 2 is 2.37 bits per heavy atom. The first kappa shape index (κ1) is 13.3. The molecule has 2 heterocycles. The van der Waals surface area contributed by atoms with Gasteiger partial charge >= 0.3 is 5.69 Å². The molecule has 1 aromatic heterocycles. The molecular weight excluding hydrogens is 248 g/mol. The number of nitrogens with one attached hydrogen (secondary N) is 1. The van der Waals surface area contributed by atoms with Gasteiger partial charge in [0.05, 0.1) is 18.3 Å². The molecule has 2 N–H and O–H groups in total. The summed E-state index contributed by atoms with van der Waals surface area (Å²) in [4.78, 5) is 25.5. The minimum atomic E-state index is -0.536. The number of rotatable bonds is 3. The first-order valence-corrected chi connectivity index (χ1v) is 5.90. The van der Waals surface area contributed by atoms with Crippen LogP contribution >= 0.6 is 0 Å². The Kier molecular flexibility index (Phi) is 4.00. The van der Waals surface area contributed by atoms with E-state index in [1.807, 2.05) is 0 Å². The van der Waals surface area contributed by atoms with Crippen LogP contribution in [0.4, 0.5) is 0 Å². The molecular formula is C13H14N2O4. The fourth-order valence-electron chi connectivity index (χ4n) is 2.00. The van der Waals surface area contributed by atoms with Crippen LogP contribution in [0.2, 0.25) is 0 Å². The van der Waals surface area contributed by atoms with Gasteiger partial charge in [-0.2, -0.15) is 0 Å². The molecule has 1 aliphatic heterocycles. The summed E-state index contributed by atoms with van der Waals surface area (Å²) in [7, 11) is 0. The second-order valence-corrected chi connectivity index (χ2v) is 4.22. The Hall–Kier alpha value is -2.10. The van der Waals surface area contributed by atoms with E-state index < -0.39 is 17.5 Å². The van der Waals surface area contributed by atoms with E-state index >= 15 is 0 Å². The van der Waals surface area contributed by atoms with Crippen LogP contribution < -0.4 is 11.2 Å². The van der Waals surface area contributed by atoms with Gasteiger partial charge in [-0.1, -0.05) is 5.92 Å². The molecule has 0 amide bonds. The molecule has 6 heteroatoms. The van der Waals surface area contributed by atoms with Crippen LogP contribution in [0, 0.1) is 12.3 Å². The standard InChI is InChI=1S/C13H14N2O4/c1-2-3-4-9-7-15(13(18)14-12(9)17)11-6-5-10(8-16)19-11/h1,3-4,7,10-11,16H,5-6,8H2,(H,14,17,18)/b4-3+/t10-,11+/m0/s1. The quantitative estimate of drug-likeness (QED) is 0.742. The van der Waals surface area contributed by atoms with Gasteiger partial charge in [0.1, 0.15) is 6.23 Å². The van der Waals surface area contributed by atoms with Crippen molar-refractivity contribution in [3.63, 3.8) is 0 Å². The fourth-order valence-corrected chi connectivity index (χ4v) is 2.00. The van der Waals surface area contributed by atoms with Gasteiger partial charge in [0.15, 0.2) is 0 Å². The summed E-state index contributed by atoms with van der Waals surface area (Å²) in [5, 5.41) is 9.01. The molecule has 0 spiro atoms. The van der Waals surface area contributed by atoms with Crippen molar-refractivity contribution >= 4 is 6.08 Å². The van der Waals surface area contributed by atoms with Crippen molar-refractivity contribution in [1.29, 1.82) is 0 Å². The Labute approximate surface area is 109 Å². The Bertz CT molecular complexity index is 635. The smallest absolute Gasteiger partial charge is 0.330 e. The zero-order valence-electron chi connectivity index (χ0n) is 10.2. The highest BCUT2D eigenvalue weighted by Gasteiger charge is 2.26. The van der Waals surface area contributed by atoms with Crippen LogP contribution in [-0.2, 0) is 4.74 Å². The number of nitrogens with zero attached hydrogens (tertiary/aromatic N) is 1. The van der Waals surface area contributed by atoms with Crippen LogP contribution in [0.15, 0.2) is 21.9 Å². The van der Waals surface area contributed by atoms with E-state index in [9.17, 15) is 9.59 Å². The number of terminal acetylenes is 1. The van der Waals surface area contributed by atoms with Gasteiger partial charge in [0.2, 0.25) is 0 Å². The second kappa shape index (κ2) is 5.69. The van der Waals surface area contributed by atoms with E-state index in [1.165, 1.54) is 22.9 Å². The lowest BCUT2D eigenvalue weighted by Crippen LogP contribution is -2.33. The van der Waals surface area contributed by atoms with Gasteiger partial charge in [-0.15, -0.1) is 6.42 Å². The molecule has 1 fully saturated rings. The third-order valence-electron chi connectivity index (χ3n) is 2.95. The maximum absolute atomic E-state index is 11.7. The van der Waals surface area contributed by atoms with Gasteiger partial charge in [-0.3, -0.25) is 14.3 Å². The topological polar surface area (TPSA) is 84.3 Å². The SMILES string of the molecule is C#C/C=C/c1cn([C@H]2CC[C@@H](CO)O2)c(=O)[nH]c1=O. The molecule has 2 atom stereocenters. The molecule has 100 valence electrons. The number of aliphatic hydroxyl groups excluding tert-OH is 1. The Morgan fingerprint density at radius 1 is 1.58 bits per heavy atom. The minimum Gasteiger partial charge on any atom is -0.394 e. The zero-order valence-corrected chi connectivity index (χ0v) is 10.2. The number of hydrogen-bond acceptors (Lipinski definition) is 4. The van der Waals surface area contributed by atoms with Crippen molar-refractivity contribution in [2.45, 2.75) is 25.2 Å². The van der Waals surface area contributed by atoms with Gasteiger partial charge in [0, 0.05) is 6.20 Å². The summed E-state index contributed by atoms with van der Waals surface area (Å²) in [6.07, 6.45) is 9.86. The molecule has 1 saturated heterocycles. The molecule has 0 unspecified atom stereocenters. The van der Waals surface area contributed by atoms with Crippen molar-refractivity contribution in [2.24, 2.45) is 0 Å². The summed E-state index contributed by atoms with van der Waals surface area (Å²) in [5.74, 6) is 2.28. The maximum atomic E-state index is 11.7. The number of aromatic nitrogens is 2. The van der Waals surface area contributed by atoms with Crippen LogP contribution in [0.5, 0.6) is 0 Å². The molecule has 1 aliphatic rings. The summed E-state index contributed by atoms with van der Waals surface area (Å²) in [5.41, 5.74) is -0.746. The van der Waals surface area contributed by atoms with E-state index in [0.29, 0.717) is 12.8 Å². The normalized spacial score (nSPS) is 22.7. The van der Waals surface area contributed by atoms with Gasteiger partial charge in [-0.25, -0.2) is 4.79 Å². The Balaban J connectivity index is 2.36. The average Bonchev–Trinajstić information content (AvgIpc) is 2.86. The maximum Gasteiger partial charge on any atom is 0.330 e. The lowest BCUT2D eigenvalue weighted by atomic mass is 10.2. The van der Waals surface area contributed by atoms with Crippen molar-refractivity contribution in [3.05, 3.63) is 38.7 Å². The molecule has 2 rings (SSSR count). The first-order valence-electron chi connectivity index (χ1n) is 5.90. The number of allylic oxidation sites excluding steroid dienone is 1. The Morgan fingerprint density at radius 3 is 3.00 bits per heavy atom. The molecule has 0 saturated carbocycles. The third kappa shape index (κ3) is 2.84. The lowest BCUT2D eigenvalue weighted by molar-refractivity contribution is -0.0246. The van der Waals surface area contributed by atoms with E-state index in [1.54, 1.807) is 0 Å². The minimum absolute atomic E-state index is 0.0849. The zero-order chi connectivity index (χ0) is 13.8. The summed E-state index contributed by atoms with van der Waals surface area (Å²) in [6.45, 7) is -0.0849. The molecule has 19 heavy (non-hydrogen) atoms. The molecule has 0 aliphatic carbocycles. The largest absolute Gasteiger partial charge is 0.394 e. The first-order chi connectivity index (χ1) is 9.15. The van der Waals surface area contributed by atoms with E-state index in [4.69, 9.17) is 16.3 Å². The third-order valence-corrected chi connectivity index (χ3v) is 2.95. The van der Waals surface area contributed by atoms with Crippen LogP contribution in [0.25, 0.3) is 6.08 Å². The number of H-pyrrole nitrogens is 1. The predicted octanol–water partition coefficient (Wildman–Crippen LogP) is -0.147. The number of aliphatic hydroxyl groups is 1. The van der Waals surface area contributed by atoms with Gasteiger partial charge in [0.25, 0.3) is 5.56 Å². The van der Waals surface area contributed by atoms with Crippen LogP contribution in [0.1, 0.15) is 24.6 Å². The van der Waals surface area contributed by atoms with Gasteiger partial charge in [-0.05, 0) is 25.0 Å². The lowest BCUT2D eigenvalue weighted by Gasteiger charge is -2.14. The van der Waals surface area contributed by atoms with E-state index in [0.717, 1.165) is 0 Å². The highest BCUT2D eigenvalue weighted by molar-refractivity contribution is 5.49. The summed E-state index contributed by atoms with van der Waals surface area (Å²) in [6, 6.07) is 0. The number of hydrogen-bond donors (Lipinski definition) is 2. The summed E-state index contributed by atoms with van der Waals surface area (Å²) < 4.78 is 6.82.